The summed E-state index contributed by atoms with van der Waals surface area (Å²) in [5, 5.41) is 11.5. The quantitative estimate of drug-likeness (QED) is 0.667. The molecule has 104 valence electrons. The summed E-state index contributed by atoms with van der Waals surface area (Å²) < 4.78 is 0. The lowest BCUT2D eigenvalue weighted by molar-refractivity contribution is -0.135. The van der Waals surface area contributed by atoms with Crippen molar-refractivity contribution in [3.63, 3.8) is 0 Å². The van der Waals surface area contributed by atoms with Crippen molar-refractivity contribution in [2.75, 3.05) is 24.5 Å². The van der Waals surface area contributed by atoms with Gasteiger partial charge in [-0.15, -0.1) is 0 Å². The summed E-state index contributed by atoms with van der Waals surface area (Å²) >= 11 is 0. The molecule has 2 amide bonds. The van der Waals surface area contributed by atoms with Crippen molar-refractivity contribution in [2.24, 2.45) is 5.73 Å². The first-order valence-electron chi connectivity index (χ1n) is 6.08. The molecule has 0 unspecified atom stereocenters. The summed E-state index contributed by atoms with van der Waals surface area (Å²) in [4.78, 5) is 24.0. The van der Waals surface area contributed by atoms with E-state index in [0.717, 1.165) is 5.56 Å². The summed E-state index contributed by atoms with van der Waals surface area (Å²) in [7, 11) is 0. The number of nitrogens with two attached hydrogens (primary N) is 1. The number of nitrogens with one attached hydrogen (secondary N) is 1. The van der Waals surface area contributed by atoms with Crippen LogP contribution >= 0.6 is 0 Å². The predicted octanol–water partition coefficient (Wildman–Crippen LogP) is 0.944. The molecule has 0 atom stereocenters. The van der Waals surface area contributed by atoms with Crippen molar-refractivity contribution in [3.8, 4) is 0 Å². The van der Waals surface area contributed by atoms with Gasteiger partial charge in [0.1, 0.15) is 6.54 Å². The van der Waals surface area contributed by atoms with Crippen LogP contribution in [0.15, 0.2) is 24.3 Å². The third-order valence-corrected chi connectivity index (χ3v) is 2.54. The highest BCUT2D eigenvalue weighted by molar-refractivity contribution is 5.96. The first-order valence-corrected chi connectivity index (χ1v) is 6.08. The smallest absolute Gasteiger partial charge is 0.323 e. The van der Waals surface area contributed by atoms with E-state index >= 15 is 0 Å². The van der Waals surface area contributed by atoms with Gasteiger partial charge in [-0.3, -0.25) is 9.69 Å². The van der Waals surface area contributed by atoms with E-state index in [2.05, 4.69) is 5.32 Å². The Labute approximate surface area is 112 Å². The first kappa shape index (κ1) is 15.0. The zero-order chi connectivity index (χ0) is 14.3. The monoisotopic (exact) mass is 265 g/mol. The van der Waals surface area contributed by atoms with Gasteiger partial charge in [-0.05, 0) is 32.0 Å². The molecule has 0 spiro atoms. The number of anilines is 1. The number of hydrogen-bond donors (Lipinski definition) is 3. The van der Waals surface area contributed by atoms with Gasteiger partial charge in [-0.1, -0.05) is 17.7 Å². The van der Waals surface area contributed by atoms with Crippen molar-refractivity contribution < 1.29 is 14.7 Å². The molecule has 0 aliphatic rings. The fourth-order valence-electron chi connectivity index (χ4n) is 1.53. The molecule has 6 heteroatoms. The highest BCUT2D eigenvalue weighted by atomic mass is 16.4. The van der Waals surface area contributed by atoms with E-state index in [4.69, 9.17) is 10.8 Å². The number of carbonyl (C=O) groups is 2. The molecule has 0 aliphatic heterocycles. The Bertz CT molecular complexity index is 431. The molecule has 19 heavy (non-hydrogen) atoms. The molecule has 0 aliphatic carbocycles. The molecule has 0 fully saturated rings. The molecule has 0 bridgehead atoms. The minimum atomic E-state index is -1.06. The lowest BCUT2D eigenvalue weighted by Gasteiger charge is -2.21. The Morgan fingerprint density at radius 3 is 2.47 bits per heavy atom. The average molecular weight is 265 g/mol. The largest absolute Gasteiger partial charge is 0.480 e. The normalized spacial score (nSPS) is 10.0. The molecular formula is C13H19N3O3. The zero-order valence-electron chi connectivity index (χ0n) is 10.9. The van der Waals surface area contributed by atoms with Crippen LogP contribution < -0.4 is 16.0 Å². The van der Waals surface area contributed by atoms with Crippen molar-refractivity contribution in [2.45, 2.75) is 13.3 Å². The predicted molar refractivity (Wildman–Crippen MR) is 73.2 cm³/mol. The number of benzene rings is 1. The van der Waals surface area contributed by atoms with Crippen LogP contribution in [0, 0.1) is 6.92 Å². The summed E-state index contributed by atoms with van der Waals surface area (Å²) in [6.45, 7) is 2.45. The Morgan fingerprint density at radius 1 is 1.32 bits per heavy atom. The second kappa shape index (κ2) is 7.38. The third-order valence-electron chi connectivity index (χ3n) is 2.54. The van der Waals surface area contributed by atoms with Crippen LogP contribution in [-0.2, 0) is 4.79 Å². The van der Waals surface area contributed by atoms with Crippen LogP contribution in [0.3, 0.4) is 0 Å². The van der Waals surface area contributed by atoms with E-state index in [0.29, 0.717) is 25.2 Å². The second-order valence-electron chi connectivity index (χ2n) is 4.19. The minimum absolute atomic E-state index is 0.377. The fraction of sp³-hybridized carbons (Fsp3) is 0.385. The van der Waals surface area contributed by atoms with Crippen molar-refractivity contribution >= 4 is 17.7 Å². The summed E-state index contributed by atoms with van der Waals surface area (Å²) in [5.74, 6) is -1.06. The number of aryl methyl sites for hydroxylation is 1. The number of rotatable bonds is 6. The lowest BCUT2D eigenvalue weighted by atomic mass is 10.2. The average Bonchev–Trinajstić information content (AvgIpc) is 2.37. The molecule has 4 N–H and O–H groups in total. The summed E-state index contributed by atoms with van der Waals surface area (Å²) in [6, 6.07) is 6.68. The number of carboxylic acid groups (broad SMARTS) is 1. The maximum absolute atomic E-state index is 11.9. The Morgan fingerprint density at radius 2 is 1.95 bits per heavy atom. The maximum Gasteiger partial charge on any atom is 0.323 e. The number of carboxylic acids is 1. The van der Waals surface area contributed by atoms with E-state index in [-0.39, 0.29) is 6.54 Å². The van der Waals surface area contributed by atoms with E-state index in [1.807, 2.05) is 19.1 Å². The van der Waals surface area contributed by atoms with Gasteiger partial charge in [-0.2, -0.15) is 0 Å². The Kier molecular flexibility index (Phi) is 5.81. The molecule has 1 aromatic carbocycles. The summed E-state index contributed by atoms with van der Waals surface area (Å²) in [6.07, 6.45) is 0.653. The highest BCUT2D eigenvalue weighted by Crippen LogP contribution is 2.15. The Balaban J connectivity index is 2.79. The van der Waals surface area contributed by atoms with Gasteiger partial charge in [0.05, 0.1) is 0 Å². The second-order valence-corrected chi connectivity index (χ2v) is 4.19. The molecule has 0 radical (unpaired) electrons. The molecule has 1 aromatic rings. The standard InChI is InChI=1S/C13H19N3O3/c1-10-3-5-11(6-4-10)16(9-12(17)18)13(19)15-8-2-7-14/h3-6H,2,7-9,14H2,1H3,(H,15,19)(H,17,18). The SMILES string of the molecule is Cc1ccc(N(CC(=O)O)C(=O)NCCCN)cc1. The molecule has 0 heterocycles. The lowest BCUT2D eigenvalue weighted by Crippen LogP contribution is -2.43. The van der Waals surface area contributed by atoms with Gasteiger partial charge in [0.25, 0.3) is 0 Å². The van der Waals surface area contributed by atoms with Gasteiger partial charge in [0.2, 0.25) is 0 Å². The van der Waals surface area contributed by atoms with E-state index in [9.17, 15) is 9.59 Å². The fourth-order valence-corrected chi connectivity index (χ4v) is 1.53. The van der Waals surface area contributed by atoms with Gasteiger partial charge < -0.3 is 16.2 Å². The molecule has 1 rings (SSSR count). The zero-order valence-corrected chi connectivity index (χ0v) is 10.9. The molecule has 6 nitrogen and oxygen atoms in total. The summed E-state index contributed by atoms with van der Waals surface area (Å²) in [5.41, 5.74) is 6.94. The van der Waals surface area contributed by atoms with Crippen LogP contribution in [0.25, 0.3) is 0 Å². The van der Waals surface area contributed by atoms with Crippen molar-refractivity contribution in [1.82, 2.24) is 5.32 Å². The number of nitrogens with zero attached hydrogens (tertiary/aromatic N) is 1. The van der Waals surface area contributed by atoms with Gasteiger partial charge in [-0.25, -0.2) is 4.79 Å². The van der Waals surface area contributed by atoms with E-state index < -0.39 is 12.0 Å². The number of aliphatic carboxylic acids is 1. The first-order chi connectivity index (χ1) is 9.04. The van der Waals surface area contributed by atoms with Crippen LogP contribution in [0.2, 0.25) is 0 Å². The van der Waals surface area contributed by atoms with Crippen LogP contribution in [0.1, 0.15) is 12.0 Å². The maximum atomic E-state index is 11.9. The molecule has 0 saturated heterocycles. The van der Waals surface area contributed by atoms with Gasteiger partial charge >= 0.3 is 12.0 Å². The molecular weight excluding hydrogens is 246 g/mol. The van der Waals surface area contributed by atoms with E-state index in [1.54, 1.807) is 12.1 Å². The molecule has 0 aromatic heterocycles. The van der Waals surface area contributed by atoms with Crippen molar-refractivity contribution in [1.29, 1.82) is 0 Å². The number of carbonyl (C=O) groups excluding carboxylic acids is 1. The Hall–Kier alpha value is -2.08. The highest BCUT2D eigenvalue weighted by Gasteiger charge is 2.18. The van der Waals surface area contributed by atoms with Crippen LogP contribution in [0.5, 0.6) is 0 Å². The van der Waals surface area contributed by atoms with Crippen LogP contribution in [-0.4, -0.2) is 36.7 Å². The number of urea groups is 1. The molecule has 0 saturated carbocycles. The topological polar surface area (TPSA) is 95.7 Å². The third kappa shape index (κ3) is 4.97. The minimum Gasteiger partial charge on any atom is -0.480 e. The van der Waals surface area contributed by atoms with Crippen molar-refractivity contribution in [3.05, 3.63) is 29.8 Å². The van der Waals surface area contributed by atoms with Gasteiger partial charge in [0, 0.05) is 12.2 Å². The van der Waals surface area contributed by atoms with Crippen LogP contribution in [0.4, 0.5) is 10.5 Å². The van der Waals surface area contributed by atoms with Gasteiger partial charge in [0.15, 0.2) is 0 Å². The number of hydrogen-bond acceptors (Lipinski definition) is 3. The number of amides is 2. The van der Waals surface area contributed by atoms with E-state index in [1.165, 1.54) is 4.90 Å².